The average Bonchev–Trinajstić information content (AvgIpc) is 3.13. The summed E-state index contributed by atoms with van der Waals surface area (Å²) in [6.45, 7) is 13.6. The van der Waals surface area contributed by atoms with E-state index in [1.807, 2.05) is 0 Å². The highest BCUT2D eigenvalue weighted by Gasteiger charge is 2.17. The number of rotatable bonds is 4. The summed E-state index contributed by atoms with van der Waals surface area (Å²) in [6.07, 6.45) is 0. The first kappa shape index (κ1) is 31.8. The standard InChI is InChI=1S/C50H44/c1-49(2,3)39-25-21-33(22-26-39)35-17-18-37-32-38(20-19-36(37)31-35)41-13-9-15-46-44(41)14-10-16-47(46)48-30-29-42(43-11-7-8-12-45(43)48)34-23-27-40(28-24-34)50(4,5)6/h7-32H,1-6H3. The van der Waals surface area contributed by atoms with Crippen molar-refractivity contribution < 1.29 is 0 Å². The molecule has 0 amide bonds. The van der Waals surface area contributed by atoms with Gasteiger partial charge in [-0.2, -0.15) is 0 Å². The zero-order valence-corrected chi connectivity index (χ0v) is 30.0. The van der Waals surface area contributed by atoms with Crippen LogP contribution in [0, 0.1) is 0 Å². The second-order valence-corrected chi connectivity index (χ2v) is 15.8. The maximum Gasteiger partial charge on any atom is -0.00987 e. The summed E-state index contributed by atoms with van der Waals surface area (Å²) in [6, 6.07) is 58.9. The summed E-state index contributed by atoms with van der Waals surface area (Å²) < 4.78 is 0. The van der Waals surface area contributed by atoms with E-state index in [9.17, 15) is 0 Å². The monoisotopic (exact) mass is 644 g/mol. The smallest absolute Gasteiger partial charge is 0.00987 e. The van der Waals surface area contributed by atoms with Crippen molar-refractivity contribution in [1.82, 2.24) is 0 Å². The highest BCUT2D eigenvalue weighted by atomic mass is 14.2. The number of hydrogen-bond acceptors (Lipinski definition) is 0. The zero-order chi connectivity index (χ0) is 34.6. The van der Waals surface area contributed by atoms with Crippen LogP contribution in [0.2, 0.25) is 0 Å². The lowest BCUT2D eigenvalue weighted by Crippen LogP contribution is -2.10. The van der Waals surface area contributed by atoms with Crippen LogP contribution >= 0.6 is 0 Å². The van der Waals surface area contributed by atoms with Crippen LogP contribution in [0.4, 0.5) is 0 Å². The van der Waals surface area contributed by atoms with Gasteiger partial charge < -0.3 is 0 Å². The predicted octanol–water partition coefficient (Wildman–Crippen LogP) is 14.4. The van der Waals surface area contributed by atoms with Gasteiger partial charge in [-0.25, -0.2) is 0 Å². The molecule has 0 bridgehead atoms. The largest absolute Gasteiger partial charge is 0.0616 e. The molecular weight excluding hydrogens is 601 g/mol. The Labute approximate surface area is 297 Å². The molecule has 244 valence electrons. The maximum atomic E-state index is 2.35. The Balaban J connectivity index is 1.18. The third-order valence-electron chi connectivity index (χ3n) is 10.4. The molecule has 8 aromatic carbocycles. The fraction of sp³-hybridized carbons (Fsp3) is 0.160. The maximum absolute atomic E-state index is 2.35. The molecule has 8 rings (SSSR count). The minimum absolute atomic E-state index is 0.132. The Bertz CT molecular complexity index is 2510. The van der Waals surface area contributed by atoms with E-state index >= 15 is 0 Å². The van der Waals surface area contributed by atoms with E-state index in [2.05, 4.69) is 199 Å². The van der Waals surface area contributed by atoms with Gasteiger partial charge in [0, 0.05) is 0 Å². The third-order valence-corrected chi connectivity index (χ3v) is 10.4. The molecule has 0 heterocycles. The van der Waals surface area contributed by atoms with Crippen molar-refractivity contribution in [2.24, 2.45) is 0 Å². The van der Waals surface area contributed by atoms with Gasteiger partial charge in [-0.1, -0.05) is 187 Å². The van der Waals surface area contributed by atoms with Gasteiger partial charge >= 0.3 is 0 Å². The zero-order valence-electron chi connectivity index (χ0n) is 30.0. The molecule has 50 heavy (non-hydrogen) atoms. The van der Waals surface area contributed by atoms with E-state index in [0.29, 0.717) is 0 Å². The molecule has 0 unspecified atom stereocenters. The van der Waals surface area contributed by atoms with Gasteiger partial charge in [0.15, 0.2) is 0 Å². The third kappa shape index (κ3) is 5.80. The molecule has 0 heteroatoms. The highest BCUT2D eigenvalue weighted by Crippen LogP contribution is 2.41. The van der Waals surface area contributed by atoms with Gasteiger partial charge in [-0.3, -0.25) is 0 Å². The van der Waals surface area contributed by atoms with Crippen molar-refractivity contribution in [1.29, 1.82) is 0 Å². The van der Waals surface area contributed by atoms with Gasteiger partial charge in [-0.15, -0.1) is 0 Å². The van der Waals surface area contributed by atoms with Crippen LogP contribution in [0.5, 0.6) is 0 Å². The van der Waals surface area contributed by atoms with Crippen LogP contribution in [0.1, 0.15) is 52.7 Å². The molecule has 0 aliphatic rings. The number of benzene rings is 8. The van der Waals surface area contributed by atoms with Gasteiger partial charge in [0.2, 0.25) is 0 Å². The quantitative estimate of drug-likeness (QED) is 0.179. The molecule has 0 aromatic heterocycles. The van der Waals surface area contributed by atoms with E-state index in [1.54, 1.807) is 0 Å². The van der Waals surface area contributed by atoms with Gasteiger partial charge in [-0.05, 0) is 111 Å². The van der Waals surface area contributed by atoms with Gasteiger partial charge in [0.05, 0.1) is 0 Å². The van der Waals surface area contributed by atoms with Crippen molar-refractivity contribution in [2.75, 3.05) is 0 Å². The van der Waals surface area contributed by atoms with Crippen LogP contribution in [-0.4, -0.2) is 0 Å². The van der Waals surface area contributed by atoms with E-state index in [0.717, 1.165) is 0 Å². The van der Waals surface area contributed by atoms with Crippen LogP contribution in [-0.2, 0) is 10.8 Å². The predicted molar refractivity (Wildman–Crippen MR) is 218 cm³/mol. The molecular formula is C50H44. The van der Waals surface area contributed by atoms with Gasteiger partial charge in [0.1, 0.15) is 0 Å². The van der Waals surface area contributed by atoms with Crippen molar-refractivity contribution in [3.8, 4) is 44.5 Å². The van der Waals surface area contributed by atoms with Crippen LogP contribution in [0.15, 0.2) is 158 Å². The van der Waals surface area contributed by atoms with Crippen molar-refractivity contribution in [2.45, 2.75) is 52.4 Å². The summed E-state index contributed by atoms with van der Waals surface area (Å²) in [5.41, 5.74) is 13.0. The first-order valence-electron chi connectivity index (χ1n) is 17.8. The molecule has 0 N–H and O–H groups in total. The minimum atomic E-state index is 0.132. The molecule has 0 nitrogen and oxygen atoms in total. The number of fused-ring (bicyclic) bond motifs is 3. The molecule has 0 atom stereocenters. The Morgan fingerprint density at radius 1 is 0.280 bits per heavy atom. The van der Waals surface area contributed by atoms with E-state index in [4.69, 9.17) is 0 Å². The van der Waals surface area contributed by atoms with Crippen molar-refractivity contribution >= 4 is 32.3 Å². The van der Waals surface area contributed by atoms with E-state index < -0.39 is 0 Å². The fourth-order valence-electron chi connectivity index (χ4n) is 7.49. The lowest BCUT2D eigenvalue weighted by atomic mass is 9.85. The second-order valence-electron chi connectivity index (χ2n) is 15.8. The van der Waals surface area contributed by atoms with Crippen LogP contribution in [0.3, 0.4) is 0 Å². The van der Waals surface area contributed by atoms with E-state index in [-0.39, 0.29) is 10.8 Å². The Kier molecular flexibility index (Phi) is 7.72. The summed E-state index contributed by atoms with van der Waals surface area (Å²) in [5, 5.41) is 7.60. The fourth-order valence-corrected chi connectivity index (χ4v) is 7.49. The van der Waals surface area contributed by atoms with Crippen LogP contribution < -0.4 is 0 Å². The molecule has 0 radical (unpaired) electrons. The molecule has 0 aliphatic carbocycles. The first-order valence-corrected chi connectivity index (χ1v) is 17.8. The Hall–Kier alpha value is -5.46. The highest BCUT2D eigenvalue weighted by molar-refractivity contribution is 6.12. The van der Waals surface area contributed by atoms with E-state index in [1.165, 1.54) is 88.0 Å². The lowest BCUT2D eigenvalue weighted by Gasteiger charge is -2.20. The van der Waals surface area contributed by atoms with Gasteiger partial charge in [0.25, 0.3) is 0 Å². The molecule has 0 saturated carbocycles. The first-order chi connectivity index (χ1) is 24.0. The molecule has 8 aromatic rings. The minimum Gasteiger partial charge on any atom is -0.0616 e. The SMILES string of the molecule is CC(C)(C)c1ccc(-c2ccc3cc(-c4cccc5c(-c6ccc(-c7ccc(C(C)(C)C)cc7)c7ccccc67)cccc45)ccc3c2)cc1. The topological polar surface area (TPSA) is 0 Å². The normalized spacial score (nSPS) is 12.2. The van der Waals surface area contributed by atoms with Crippen molar-refractivity contribution in [3.63, 3.8) is 0 Å². The molecule has 0 saturated heterocycles. The summed E-state index contributed by atoms with van der Waals surface area (Å²) in [7, 11) is 0. The molecule has 0 aliphatic heterocycles. The summed E-state index contributed by atoms with van der Waals surface area (Å²) in [5.74, 6) is 0. The summed E-state index contributed by atoms with van der Waals surface area (Å²) >= 11 is 0. The average molecular weight is 645 g/mol. The number of hydrogen-bond donors (Lipinski definition) is 0. The Morgan fingerprint density at radius 3 is 1.22 bits per heavy atom. The summed E-state index contributed by atoms with van der Waals surface area (Å²) in [4.78, 5) is 0. The second kappa shape index (κ2) is 12.1. The lowest BCUT2D eigenvalue weighted by molar-refractivity contribution is 0.590. The molecule has 0 fully saturated rings. The Morgan fingerprint density at radius 2 is 0.660 bits per heavy atom. The molecule has 0 spiro atoms. The van der Waals surface area contributed by atoms with Crippen LogP contribution in [0.25, 0.3) is 76.8 Å². The van der Waals surface area contributed by atoms with Crippen molar-refractivity contribution in [3.05, 3.63) is 169 Å².